The summed E-state index contributed by atoms with van der Waals surface area (Å²) < 4.78 is 0. The van der Waals surface area contributed by atoms with Crippen molar-refractivity contribution in [2.45, 2.75) is 58.7 Å². The van der Waals surface area contributed by atoms with Crippen LogP contribution in [0, 0.1) is 5.92 Å². The van der Waals surface area contributed by atoms with Crippen LogP contribution in [0.3, 0.4) is 0 Å². The van der Waals surface area contributed by atoms with Gasteiger partial charge in [0.1, 0.15) is 0 Å². The Labute approximate surface area is 118 Å². The van der Waals surface area contributed by atoms with Gasteiger partial charge in [-0.1, -0.05) is 38.1 Å². The molecule has 0 aromatic heterocycles. The highest BCUT2D eigenvalue weighted by molar-refractivity contribution is 5.24. The lowest BCUT2D eigenvalue weighted by Crippen LogP contribution is -2.37. The average Bonchev–Trinajstić information content (AvgIpc) is 2.51. The van der Waals surface area contributed by atoms with Gasteiger partial charge in [0.25, 0.3) is 0 Å². The lowest BCUT2D eigenvalue weighted by atomic mass is 9.98. The fraction of sp³-hybridized carbons (Fsp3) is 0.647. The summed E-state index contributed by atoms with van der Waals surface area (Å²) in [5, 5.41) is 0. The summed E-state index contributed by atoms with van der Waals surface area (Å²) in [6, 6.07) is 9.36. The third kappa shape index (κ3) is 3.80. The van der Waals surface area contributed by atoms with Gasteiger partial charge in [0, 0.05) is 24.7 Å². The van der Waals surface area contributed by atoms with Gasteiger partial charge >= 0.3 is 0 Å². The normalized spacial score (nSPS) is 23.2. The van der Waals surface area contributed by atoms with Gasteiger partial charge in [0.15, 0.2) is 0 Å². The van der Waals surface area contributed by atoms with Gasteiger partial charge in [-0.15, -0.1) is 0 Å². The minimum absolute atomic E-state index is 0.230. The zero-order valence-corrected chi connectivity index (χ0v) is 12.8. The SMILES string of the molecule is CC(C)Cc1cccc(CN2CC(N)CC2(C)C)c1. The van der Waals surface area contributed by atoms with Gasteiger partial charge < -0.3 is 5.73 Å². The molecule has 1 saturated heterocycles. The predicted octanol–water partition coefficient (Wildman–Crippen LogP) is 3.20. The standard InChI is InChI=1S/C17H28N2/c1-13(2)8-14-6-5-7-15(9-14)11-19-12-16(18)10-17(19,3)4/h5-7,9,13,16H,8,10-12,18H2,1-4H3. The second kappa shape index (κ2) is 5.64. The molecule has 0 aliphatic carbocycles. The zero-order chi connectivity index (χ0) is 14.0. The lowest BCUT2D eigenvalue weighted by Gasteiger charge is -2.31. The molecular formula is C17H28N2. The van der Waals surface area contributed by atoms with E-state index in [0.29, 0.717) is 12.0 Å². The third-order valence-electron chi connectivity index (χ3n) is 4.08. The highest BCUT2D eigenvalue weighted by Crippen LogP contribution is 2.29. The number of hydrogen-bond donors (Lipinski definition) is 1. The zero-order valence-electron chi connectivity index (χ0n) is 12.8. The Hall–Kier alpha value is -0.860. The predicted molar refractivity (Wildman–Crippen MR) is 82.1 cm³/mol. The van der Waals surface area contributed by atoms with Crippen molar-refractivity contribution in [1.82, 2.24) is 4.90 Å². The van der Waals surface area contributed by atoms with E-state index in [1.54, 1.807) is 0 Å². The Morgan fingerprint density at radius 1 is 1.32 bits per heavy atom. The van der Waals surface area contributed by atoms with Crippen molar-refractivity contribution in [2.24, 2.45) is 11.7 Å². The molecule has 0 radical (unpaired) electrons. The van der Waals surface area contributed by atoms with Crippen LogP contribution in [0.2, 0.25) is 0 Å². The van der Waals surface area contributed by atoms with E-state index in [9.17, 15) is 0 Å². The molecule has 0 spiro atoms. The van der Waals surface area contributed by atoms with Crippen molar-refractivity contribution < 1.29 is 0 Å². The minimum Gasteiger partial charge on any atom is -0.326 e. The van der Waals surface area contributed by atoms with Gasteiger partial charge in [-0.05, 0) is 43.7 Å². The Morgan fingerprint density at radius 3 is 2.58 bits per heavy atom. The molecular weight excluding hydrogens is 232 g/mol. The molecule has 2 nitrogen and oxygen atoms in total. The largest absolute Gasteiger partial charge is 0.326 e. The second-order valence-electron chi connectivity index (χ2n) is 7.08. The summed E-state index contributed by atoms with van der Waals surface area (Å²) in [6.45, 7) is 11.2. The Balaban J connectivity index is 2.07. The number of nitrogens with two attached hydrogens (primary N) is 1. The van der Waals surface area contributed by atoms with E-state index in [4.69, 9.17) is 5.73 Å². The molecule has 106 valence electrons. The first-order valence-electron chi connectivity index (χ1n) is 7.45. The van der Waals surface area contributed by atoms with Gasteiger partial charge in [-0.3, -0.25) is 4.90 Å². The molecule has 0 saturated carbocycles. The fourth-order valence-electron chi connectivity index (χ4n) is 3.19. The van der Waals surface area contributed by atoms with Crippen LogP contribution in [0.1, 0.15) is 45.2 Å². The van der Waals surface area contributed by atoms with Crippen LogP contribution in [0.4, 0.5) is 0 Å². The van der Waals surface area contributed by atoms with Gasteiger partial charge in [0.2, 0.25) is 0 Å². The Kier molecular flexibility index (Phi) is 4.32. The molecule has 1 aliphatic rings. The van der Waals surface area contributed by atoms with Crippen LogP contribution in [-0.4, -0.2) is 23.0 Å². The minimum atomic E-state index is 0.230. The first kappa shape index (κ1) is 14.5. The van der Waals surface area contributed by atoms with E-state index in [-0.39, 0.29) is 5.54 Å². The van der Waals surface area contributed by atoms with E-state index in [1.165, 1.54) is 11.1 Å². The summed E-state index contributed by atoms with van der Waals surface area (Å²) in [5.41, 5.74) is 9.21. The number of hydrogen-bond acceptors (Lipinski definition) is 2. The van der Waals surface area contributed by atoms with E-state index in [0.717, 1.165) is 25.9 Å². The highest BCUT2D eigenvalue weighted by atomic mass is 15.2. The molecule has 19 heavy (non-hydrogen) atoms. The van der Waals surface area contributed by atoms with Crippen LogP contribution in [-0.2, 0) is 13.0 Å². The average molecular weight is 260 g/mol. The first-order valence-corrected chi connectivity index (χ1v) is 7.45. The summed E-state index contributed by atoms with van der Waals surface area (Å²) in [4.78, 5) is 2.52. The lowest BCUT2D eigenvalue weighted by molar-refractivity contribution is 0.166. The topological polar surface area (TPSA) is 29.3 Å². The van der Waals surface area contributed by atoms with Crippen molar-refractivity contribution in [3.8, 4) is 0 Å². The Bertz CT molecular complexity index is 423. The number of benzene rings is 1. The summed E-state index contributed by atoms with van der Waals surface area (Å²) in [7, 11) is 0. The van der Waals surface area contributed by atoms with Gasteiger partial charge in [0.05, 0.1) is 0 Å². The summed E-state index contributed by atoms with van der Waals surface area (Å²) in [5.74, 6) is 0.715. The molecule has 1 heterocycles. The molecule has 0 amide bonds. The van der Waals surface area contributed by atoms with E-state index < -0.39 is 0 Å². The van der Waals surface area contributed by atoms with Crippen molar-refractivity contribution in [3.05, 3.63) is 35.4 Å². The summed E-state index contributed by atoms with van der Waals surface area (Å²) >= 11 is 0. The van der Waals surface area contributed by atoms with Crippen LogP contribution in [0.25, 0.3) is 0 Å². The summed E-state index contributed by atoms with van der Waals surface area (Å²) in [6.07, 6.45) is 2.26. The quantitative estimate of drug-likeness (QED) is 0.901. The maximum atomic E-state index is 6.11. The molecule has 2 N–H and O–H groups in total. The van der Waals surface area contributed by atoms with E-state index >= 15 is 0 Å². The fourth-order valence-corrected chi connectivity index (χ4v) is 3.19. The Morgan fingerprint density at radius 2 is 2.00 bits per heavy atom. The van der Waals surface area contributed by atoms with Crippen molar-refractivity contribution >= 4 is 0 Å². The van der Waals surface area contributed by atoms with Crippen molar-refractivity contribution in [2.75, 3.05) is 6.54 Å². The molecule has 0 bridgehead atoms. The van der Waals surface area contributed by atoms with Crippen molar-refractivity contribution in [1.29, 1.82) is 0 Å². The number of nitrogens with zero attached hydrogens (tertiary/aromatic N) is 1. The highest BCUT2D eigenvalue weighted by Gasteiger charge is 2.36. The monoisotopic (exact) mass is 260 g/mol. The third-order valence-corrected chi connectivity index (χ3v) is 4.08. The van der Waals surface area contributed by atoms with E-state index in [1.807, 2.05) is 0 Å². The van der Waals surface area contributed by atoms with Crippen LogP contribution in [0.15, 0.2) is 24.3 Å². The van der Waals surface area contributed by atoms with Gasteiger partial charge in [-0.25, -0.2) is 0 Å². The first-order chi connectivity index (χ1) is 8.87. The smallest absolute Gasteiger partial charge is 0.0239 e. The molecule has 1 unspecified atom stereocenters. The molecule has 2 heteroatoms. The molecule has 2 rings (SSSR count). The van der Waals surface area contributed by atoms with E-state index in [2.05, 4.69) is 56.9 Å². The van der Waals surface area contributed by atoms with Crippen LogP contribution in [0.5, 0.6) is 0 Å². The maximum absolute atomic E-state index is 6.11. The molecule has 1 aromatic rings. The van der Waals surface area contributed by atoms with Gasteiger partial charge in [-0.2, -0.15) is 0 Å². The maximum Gasteiger partial charge on any atom is 0.0239 e. The van der Waals surface area contributed by atoms with Crippen molar-refractivity contribution in [3.63, 3.8) is 0 Å². The van der Waals surface area contributed by atoms with Crippen LogP contribution >= 0.6 is 0 Å². The number of likely N-dealkylation sites (tertiary alicyclic amines) is 1. The molecule has 1 aliphatic heterocycles. The van der Waals surface area contributed by atoms with Crippen LogP contribution < -0.4 is 5.73 Å². The molecule has 1 aromatic carbocycles. The second-order valence-corrected chi connectivity index (χ2v) is 7.08. The molecule has 1 fully saturated rings. The molecule has 1 atom stereocenters. The number of rotatable bonds is 4.